The molecular formula is C16H25NO2S. The maximum Gasteiger partial charge on any atom is 0.125 e. The molecule has 1 aromatic rings. The van der Waals surface area contributed by atoms with Crippen LogP contribution in [0.15, 0.2) is 0 Å². The standard InChI is InChI=1S/C16H25NO2S/c1-3-19-16(9-5-6-11(2)10-16)15-17-14-12(18)7-4-8-13(14)20-15/h11-12,18H,3-10H2,1-2H3. The lowest BCUT2D eigenvalue weighted by Gasteiger charge is -2.38. The van der Waals surface area contributed by atoms with Gasteiger partial charge < -0.3 is 9.84 Å². The van der Waals surface area contributed by atoms with E-state index < -0.39 is 0 Å². The minimum absolute atomic E-state index is 0.186. The molecule has 1 fully saturated rings. The van der Waals surface area contributed by atoms with Gasteiger partial charge in [0.05, 0.1) is 11.8 Å². The SMILES string of the molecule is CCOC1(c2nc3c(s2)CCCC3O)CCCC(C)C1. The van der Waals surface area contributed by atoms with Crippen LogP contribution in [-0.2, 0) is 16.8 Å². The van der Waals surface area contributed by atoms with Gasteiger partial charge >= 0.3 is 0 Å². The quantitative estimate of drug-likeness (QED) is 0.918. The van der Waals surface area contributed by atoms with Gasteiger partial charge in [0.1, 0.15) is 10.6 Å². The molecule has 20 heavy (non-hydrogen) atoms. The Morgan fingerprint density at radius 1 is 1.40 bits per heavy atom. The molecule has 3 nitrogen and oxygen atoms in total. The first-order chi connectivity index (χ1) is 9.64. The summed E-state index contributed by atoms with van der Waals surface area (Å²) in [6.45, 7) is 5.12. The van der Waals surface area contributed by atoms with Crippen LogP contribution in [-0.4, -0.2) is 16.7 Å². The number of thiazole rings is 1. The predicted octanol–water partition coefficient (Wildman–Crippen LogP) is 3.95. The number of aromatic nitrogens is 1. The van der Waals surface area contributed by atoms with E-state index in [1.54, 1.807) is 11.3 Å². The highest BCUT2D eigenvalue weighted by molar-refractivity contribution is 7.11. The van der Waals surface area contributed by atoms with Crippen LogP contribution < -0.4 is 0 Å². The number of aliphatic hydroxyl groups is 1. The highest BCUT2D eigenvalue weighted by Crippen LogP contribution is 2.46. The molecule has 3 atom stereocenters. The van der Waals surface area contributed by atoms with Crippen LogP contribution in [0.5, 0.6) is 0 Å². The second-order valence-corrected chi connectivity index (χ2v) is 7.45. The monoisotopic (exact) mass is 295 g/mol. The summed E-state index contributed by atoms with van der Waals surface area (Å²) in [5, 5.41) is 11.3. The number of aryl methyl sites for hydroxylation is 1. The normalized spacial score (nSPS) is 34.0. The van der Waals surface area contributed by atoms with Gasteiger partial charge in [-0.3, -0.25) is 0 Å². The summed E-state index contributed by atoms with van der Waals surface area (Å²) < 4.78 is 6.21. The molecule has 112 valence electrons. The average molecular weight is 295 g/mol. The Morgan fingerprint density at radius 3 is 2.95 bits per heavy atom. The molecule has 1 N–H and O–H groups in total. The van der Waals surface area contributed by atoms with Crippen LogP contribution in [0.3, 0.4) is 0 Å². The Kier molecular flexibility index (Phi) is 4.16. The van der Waals surface area contributed by atoms with Crippen molar-refractivity contribution >= 4 is 11.3 Å². The van der Waals surface area contributed by atoms with E-state index in [0.717, 1.165) is 49.4 Å². The summed E-state index contributed by atoms with van der Waals surface area (Å²) >= 11 is 1.79. The van der Waals surface area contributed by atoms with E-state index in [-0.39, 0.29) is 11.7 Å². The first-order valence-electron chi connectivity index (χ1n) is 7.96. The van der Waals surface area contributed by atoms with Crippen LogP contribution in [0.1, 0.15) is 74.1 Å². The summed E-state index contributed by atoms with van der Waals surface area (Å²) in [5.41, 5.74) is 0.752. The predicted molar refractivity (Wildman–Crippen MR) is 80.9 cm³/mol. The average Bonchev–Trinajstić information content (AvgIpc) is 2.85. The van der Waals surface area contributed by atoms with E-state index in [1.165, 1.54) is 17.7 Å². The van der Waals surface area contributed by atoms with E-state index in [0.29, 0.717) is 5.92 Å². The maximum atomic E-state index is 10.1. The molecule has 0 radical (unpaired) electrons. The van der Waals surface area contributed by atoms with Gasteiger partial charge in [0.2, 0.25) is 0 Å². The number of aliphatic hydroxyl groups excluding tert-OH is 1. The van der Waals surface area contributed by atoms with E-state index in [4.69, 9.17) is 9.72 Å². The van der Waals surface area contributed by atoms with Gasteiger partial charge in [-0.15, -0.1) is 11.3 Å². The Labute approximate surface area is 125 Å². The summed E-state index contributed by atoms with van der Waals surface area (Å²) in [4.78, 5) is 6.11. The number of fused-ring (bicyclic) bond motifs is 1. The molecule has 0 saturated heterocycles. The van der Waals surface area contributed by atoms with Crippen LogP contribution in [0.2, 0.25) is 0 Å². The second-order valence-electron chi connectivity index (χ2n) is 6.36. The molecule has 0 aromatic carbocycles. The molecule has 0 spiro atoms. The zero-order valence-corrected chi connectivity index (χ0v) is 13.3. The third kappa shape index (κ3) is 2.53. The van der Waals surface area contributed by atoms with Gasteiger partial charge in [-0.25, -0.2) is 4.98 Å². The fourth-order valence-electron chi connectivity index (χ4n) is 3.76. The fraction of sp³-hybridized carbons (Fsp3) is 0.812. The molecule has 0 bridgehead atoms. The van der Waals surface area contributed by atoms with Crippen molar-refractivity contribution in [2.24, 2.45) is 5.92 Å². The number of hydrogen-bond acceptors (Lipinski definition) is 4. The zero-order valence-electron chi connectivity index (χ0n) is 12.5. The van der Waals surface area contributed by atoms with Crippen LogP contribution >= 0.6 is 11.3 Å². The highest BCUT2D eigenvalue weighted by Gasteiger charge is 2.41. The lowest BCUT2D eigenvalue weighted by molar-refractivity contribution is -0.0822. The number of nitrogens with zero attached hydrogens (tertiary/aromatic N) is 1. The molecule has 4 heteroatoms. The number of ether oxygens (including phenoxy) is 1. The van der Waals surface area contributed by atoms with Crippen molar-refractivity contribution in [1.29, 1.82) is 0 Å². The van der Waals surface area contributed by atoms with Crippen molar-refractivity contribution in [2.45, 2.75) is 70.5 Å². The number of rotatable bonds is 3. The number of hydrogen-bond donors (Lipinski definition) is 1. The largest absolute Gasteiger partial charge is 0.387 e. The molecule has 1 aromatic heterocycles. The molecule has 0 amide bonds. The molecule has 2 aliphatic rings. The van der Waals surface area contributed by atoms with E-state index in [1.807, 2.05) is 0 Å². The molecule has 1 heterocycles. The lowest BCUT2D eigenvalue weighted by Crippen LogP contribution is -2.35. The van der Waals surface area contributed by atoms with Gasteiger partial charge in [-0.05, 0) is 51.4 Å². The van der Waals surface area contributed by atoms with Crippen molar-refractivity contribution in [1.82, 2.24) is 4.98 Å². The zero-order chi connectivity index (χ0) is 14.2. The molecular weight excluding hydrogens is 270 g/mol. The third-order valence-electron chi connectivity index (χ3n) is 4.69. The third-order valence-corrected chi connectivity index (χ3v) is 6.01. The molecule has 2 aliphatic carbocycles. The van der Waals surface area contributed by atoms with Crippen molar-refractivity contribution < 1.29 is 9.84 Å². The van der Waals surface area contributed by atoms with Crippen molar-refractivity contribution in [3.05, 3.63) is 15.6 Å². The van der Waals surface area contributed by atoms with Crippen molar-refractivity contribution in [3.63, 3.8) is 0 Å². The summed E-state index contributed by atoms with van der Waals surface area (Å²) in [7, 11) is 0. The van der Waals surface area contributed by atoms with Crippen molar-refractivity contribution in [2.75, 3.05) is 6.61 Å². The lowest BCUT2D eigenvalue weighted by atomic mass is 9.79. The Hall–Kier alpha value is -0.450. The first kappa shape index (κ1) is 14.5. The maximum absolute atomic E-state index is 10.1. The summed E-state index contributed by atoms with van der Waals surface area (Å²) in [5.74, 6) is 0.696. The summed E-state index contributed by atoms with van der Waals surface area (Å²) in [6, 6.07) is 0. The van der Waals surface area contributed by atoms with E-state index >= 15 is 0 Å². The molecule has 3 unspecified atom stereocenters. The van der Waals surface area contributed by atoms with Gasteiger partial charge in [0, 0.05) is 11.5 Å². The Morgan fingerprint density at radius 2 is 2.25 bits per heavy atom. The van der Waals surface area contributed by atoms with Crippen LogP contribution in [0, 0.1) is 5.92 Å². The van der Waals surface area contributed by atoms with Gasteiger partial charge in [-0.1, -0.05) is 13.3 Å². The summed E-state index contributed by atoms with van der Waals surface area (Å²) in [6.07, 6.45) is 7.31. The highest BCUT2D eigenvalue weighted by atomic mass is 32.1. The van der Waals surface area contributed by atoms with Crippen LogP contribution in [0.25, 0.3) is 0 Å². The molecule has 0 aliphatic heterocycles. The topological polar surface area (TPSA) is 42.4 Å². The minimum atomic E-state index is -0.358. The first-order valence-corrected chi connectivity index (χ1v) is 8.78. The smallest absolute Gasteiger partial charge is 0.125 e. The van der Waals surface area contributed by atoms with E-state index in [9.17, 15) is 5.11 Å². The minimum Gasteiger partial charge on any atom is -0.387 e. The van der Waals surface area contributed by atoms with Gasteiger partial charge in [-0.2, -0.15) is 0 Å². The molecule has 1 saturated carbocycles. The van der Waals surface area contributed by atoms with Gasteiger partial charge in [0.15, 0.2) is 0 Å². The second kappa shape index (κ2) is 5.74. The van der Waals surface area contributed by atoms with Gasteiger partial charge in [0.25, 0.3) is 0 Å². The fourth-order valence-corrected chi connectivity index (χ4v) is 5.10. The van der Waals surface area contributed by atoms with Crippen LogP contribution in [0.4, 0.5) is 0 Å². The molecule has 3 rings (SSSR count). The Bertz CT molecular complexity index is 469. The van der Waals surface area contributed by atoms with E-state index in [2.05, 4.69) is 13.8 Å². The Balaban J connectivity index is 1.95. The van der Waals surface area contributed by atoms with Crippen molar-refractivity contribution in [3.8, 4) is 0 Å².